The summed E-state index contributed by atoms with van der Waals surface area (Å²) in [4.78, 5) is 24.7. The summed E-state index contributed by atoms with van der Waals surface area (Å²) in [5.41, 5.74) is 7.08. The number of hydrogen-bond acceptors (Lipinski definition) is 5. The maximum absolute atomic E-state index is 13.3. The molecule has 7 nitrogen and oxygen atoms in total. The Balaban J connectivity index is 1.87. The normalized spacial score (nSPS) is 10.6. The molecule has 29 heavy (non-hydrogen) atoms. The molecule has 0 aliphatic carbocycles. The summed E-state index contributed by atoms with van der Waals surface area (Å²) < 4.78 is 1.60. The Kier molecular flexibility index (Phi) is 4.85. The van der Waals surface area contributed by atoms with Crippen LogP contribution < -0.4 is 16.6 Å². The summed E-state index contributed by atoms with van der Waals surface area (Å²) in [6.45, 7) is 7.52. The number of nitrogens with one attached hydrogen (secondary N) is 1. The zero-order valence-corrected chi connectivity index (χ0v) is 15.9. The fraction of sp³-hybridized carbons (Fsp3) is 0.0476. The molecule has 3 N–H and O–H groups in total. The van der Waals surface area contributed by atoms with E-state index in [0.717, 1.165) is 5.39 Å². The van der Waals surface area contributed by atoms with Gasteiger partial charge >= 0.3 is 0 Å². The molecule has 2 aromatic heterocycles. The van der Waals surface area contributed by atoms with Crippen LogP contribution in [-0.4, -0.2) is 14.5 Å². The maximum Gasteiger partial charge on any atom is 0.264 e. The Hall–Kier alpha value is -3.89. The second-order valence-corrected chi connectivity index (χ2v) is 6.65. The maximum atomic E-state index is 13.3. The molecule has 0 unspecified atom stereocenters. The van der Waals surface area contributed by atoms with E-state index < -0.39 is 0 Å². The van der Waals surface area contributed by atoms with Crippen molar-refractivity contribution in [2.45, 2.75) is 6.54 Å². The van der Waals surface area contributed by atoms with E-state index in [1.165, 1.54) is 6.20 Å². The molecule has 0 radical (unpaired) electrons. The Morgan fingerprint density at radius 1 is 1.17 bits per heavy atom. The zero-order chi connectivity index (χ0) is 20.4. The Bertz CT molecular complexity index is 1310. The molecule has 2 heterocycles. The quantitative estimate of drug-likeness (QED) is 0.500. The van der Waals surface area contributed by atoms with E-state index in [2.05, 4.69) is 20.1 Å². The Morgan fingerprint density at radius 3 is 2.72 bits per heavy atom. The van der Waals surface area contributed by atoms with E-state index in [1.54, 1.807) is 16.7 Å². The van der Waals surface area contributed by atoms with Crippen molar-refractivity contribution in [3.05, 3.63) is 93.3 Å². The van der Waals surface area contributed by atoms with Gasteiger partial charge in [0.2, 0.25) is 11.6 Å². The summed E-state index contributed by atoms with van der Waals surface area (Å²) in [5.74, 6) is 0.372. The summed E-state index contributed by atoms with van der Waals surface area (Å²) in [5, 5.41) is 4.69. The Labute approximate surface area is 171 Å². The van der Waals surface area contributed by atoms with Crippen LogP contribution in [0.15, 0.2) is 65.6 Å². The molecular formula is C21H15ClN6O. The predicted octanol–water partition coefficient (Wildman–Crippen LogP) is 4.18. The van der Waals surface area contributed by atoms with Crippen LogP contribution in [0.25, 0.3) is 21.3 Å². The molecule has 0 atom stereocenters. The van der Waals surface area contributed by atoms with Crippen molar-refractivity contribution in [3.63, 3.8) is 0 Å². The van der Waals surface area contributed by atoms with Gasteiger partial charge in [-0.25, -0.2) is 14.8 Å². The van der Waals surface area contributed by atoms with Crippen LogP contribution in [0.2, 0.25) is 5.02 Å². The lowest BCUT2D eigenvalue weighted by atomic mass is 10.1. The van der Waals surface area contributed by atoms with Crippen LogP contribution in [0.3, 0.4) is 0 Å². The third kappa shape index (κ3) is 3.49. The molecule has 4 aromatic rings. The standard InChI is InChI=1S/C21H15ClN6O/c1-24-17-12-26-21(23)27-19(17)25-11-15-10-13-6-5-9-16(22)18(13)20(29)28(15)14-7-3-2-4-8-14/h2-10,12H,11H2,(H3,23,25,26,27). The highest BCUT2D eigenvalue weighted by Gasteiger charge is 2.14. The minimum atomic E-state index is -0.219. The van der Waals surface area contributed by atoms with E-state index in [9.17, 15) is 4.79 Å². The van der Waals surface area contributed by atoms with Crippen molar-refractivity contribution >= 4 is 39.8 Å². The van der Waals surface area contributed by atoms with Crippen molar-refractivity contribution in [1.82, 2.24) is 14.5 Å². The van der Waals surface area contributed by atoms with Gasteiger partial charge in [-0.1, -0.05) is 41.9 Å². The minimum Gasteiger partial charge on any atom is -0.373 e. The van der Waals surface area contributed by atoms with Crippen LogP contribution in [-0.2, 0) is 6.54 Å². The topological polar surface area (TPSA) is 90.2 Å². The number of rotatable bonds is 4. The number of nitrogen functional groups attached to an aromatic ring is 1. The number of nitrogens with two attached hydrogens (primary N) is 1. The highest BCUT2D eigenvalue weighted by atomic mass is 35.5. The molecule has 4 rings (SSSR count). The lowest BCUT2D eigenvalue weighted by Crippen LogP contribution is -2.24. The van der Waals surface area contributed by atoms with Crippen molar-refractivity contribution < 1.29 is 0 Å². The number of fused-ring (bicyclic) bond motifs is 1. The number of benzene rings is 2. The first-order valence-corrected chi connectivity index (χ1v) is 9.08. The number of para-hydroxylation sites is 1. The summed E-state index contributed by atoms with van der Waals surface area (Å²) in [6, 6.07) is 16.5. The SMILES string of the molecule is [C-]#[N+]c1cnc(N)nc1NCc1cc2cccc(Cl)c2c(=O)n1-c1ccccc1. The number of nitrogens with zero attached hydrogens (tertiary/aromatic N) is 4. The van der Waals surface area contributed by atoms with Crippen LogP contribution in [0.4, 0.5) is 17.5 Å². The van der Waals surface area contributed by atoms with Crippen molar-refractivity contribution in [2.75, 3.05) is 11.1 Å². The first kappa shape index (κ1) is 18.5. The van der Waals surface area contributed by atoms with Gasteiger partial charge in [0.1, 0.15) is 5.82 Å². The molecule has 0 aliphatic heterocycles. The minimum absolute atomic E-state index is 0.0608. The fourth-order valence-corrected chi connectivity index (χ4v) is 3.40. The van der Waals surface area contributed by atoms with Gasteiger partial charge in [0.15, 0.2) is 0 Å². The van der Waals surface area contributed by atoms with E-state index in [-0.39, 0.29) is 23.7 Å². The number of aromatic nitrogens is 3. The zero-order valence-electron chi connectivity index (χ0n) is 15.1. The third-order valence-electron chi connectivity index (χ3n) is 4.43. The molecule has 0 saturated carbocycles. The van der Waals surface area contributed by atoms with Gasteiger partial charge < -0.3 is 11.1 Å². The monoisotopic (exact) mass is 402 g/mol. The van der Waals surface area contributed by atoms with Gasteiger partial charge in [0.05, 0.1) is 23.5 Å². The number of halogens is 1. The predicted molar refractivity (Wildman–Crippen MR) is 115 cm³/mol. The third-order valence-corrected chi connectivity index (χ3v) is 4.75. The smallest absolute Gasteiger partial charge is 0.264 e. The lowest BCUT2D eigenvalue weighted by Gasteiger charge is -2.16. The van der Waals surface area contributed by atoms with Crippen molar-refractivity contribution in [1.29, 1.82) is 0 Å². The first-order valence-electron chi connectivity index (χ1n) is 8.71. The van der Waals surface area contributed by atoms with Gasteiger partial charge in [0.25, 0.3) is 5.56 Å². The van der Waals surface area contributed by atoms with E-state index >= 15 is 0 Å². The molecular weight excluding hydrogens is 388 g/mol. The van der Waals surface area contributed by atoms with Gasteiger partial charge in [-0.05, 0) is 29.7 Å². The first-order chi connectivity index (χ1) is 14.1. The molecule has 0 aliphatic rings. The van der Waals surface area contributed by atoms with Crippen LogP contribution in [0, 0.1) is 6.57 Å². The molecule has 8 heteroatoms. The number of hydrogen-bond donors (Lipinski definition) is 2. The molecule has 142 valence electrons. The van der Waals surface area contributed by atoms with E-state index in [1.807, 2.05) is 42.5 Å². The second-order valence-electron chi connectivity index (χ2n) is 6.24. The Morgan fingerprint density at radius 2 is 1.97 bits per heavy atom. The molecule has 0 fully saturated rings. The summed E-state index contributed by atoms with van der Waals surface area (Å²) in [7, 11) is 0. The van der Waals surface area contributed by atoms with Crippen LogP contribution in [0.1, 0.15) is 5.69 Å². The number of anilines is 2. The highest BCUT2D eigenvalue weighted by molar-refractivity contribution is 6.35. The van der Waals surface area contributed by atoms with E-state index in [4.69, 9.17) is 23.9 Å². The number of pyridine rings is 1. The van der Waals surface area contributed by atoms with Crippen LogP contribution in [0.5, 0.6) is 0 Å². The largest absolute Gasteiger partial charge is 0.373 e. The summed E-state index contributed by atoms with van der Waals surface area (Å²) in [6.07, 6.45) is 1.36. The van der Waals surface area contributed by atoms with Crippen LogP contribution >= 0.6 is 11.6 Å². The van der Waals surface area contributed by atoms with Crippen molar-refractivity contribution in [3.8, 4) is 5.69 Å². The van der Waals surface area contributed by atoms with Gasteiger partial charge in [-0.2, -0.15) is 0 Å². The summed E-state index contributed by atoms with van der Waals surface area (Å²) >= 11 is 6.31. The molecule has 0 amide bonds. The average Bonchev–Trinajstić information content (AvgIpc) is 2.73. The molecule has 0 saturated heterocycles. The molecule has 2 aromatic carbocycles. The molecule has 0 spiro atoms. The fourth-order valence-electron chi connectivity index (χ4n) is 3.14. The lowest BCUT2D eigenvalue weighted by molar-refractivity contribution is 0.891. The highest BCUT2D eigenvalue weighted by Crippen LogP contribution is 2.25. The van der Waals surface area contributed by atoms with Gasteiger partial charge in [-0.15, -0.1) is 0 Å². The average molecular weight is 403 g/mol. The molecule has 0 bridgehead atoms. The van der Waals surface area contributed by atoms with Gasteiger partial charge in [0, 0.05) is 17.6 Å². The van der Waals surface area contributed by atoms with E-state index in [0.29, 0.717) is 27.6 Å². The van der Waals surface area contributed by atoms with Gasteiger partial charge in [-0.3, -0.25) is 9.36 Å². The van der Waals surface area contributed by atoms with Crippen molar-refractivity contribution in [2.24, 2.45) is 0 Å². The second kappa shape index (κ2) is 7.62.